The summed E-state index contributed by atoms with van der Waals surface area (Å²) in [6.45, 7) is 2.49. The van der Waals surface area contributed by atoms with E-state index in [9.17, 15) is 9.59 Å². The third-order valence-electron chi connectivity index (χ3n) is 3.67. The molecule has 0 aliphatic rings. The highest BCUT2D eigenvalue weighted by atomic mass is 16.2. The van der Waals surface area contributed by atoms with Crippen LogP contribution in [0.4, 0.5) is 0 Å². The first-order valence-corrected chi connectivity index (χ1v) is 7.05. The minimum Gasteiger partial charge on any atom is -0.368 e. The molecule has 2 unspecified atom stereocenters. The number of carbonyl (C=O) groups is 2. The molecule has 0 spiro atoms. The summed E-state index contributed by atoms with van der Waals surface area (Å²) in [5.74, 6) is -0.907. The van der Waals surface area contributed by atoms with Gasteiger partial charge in [0, 0.05) is 0 Å². The summed E-state index contributed by atoms with van der Waals surface area (Å²) in [5, 5.41) is 6.03. The zero-order valence-corrected chi connectivity index (χ0v) is 12.6. The highest BCUT2D eigenvalue weighted by Crippen LogP contribution is 2.27. The van der Waals surface area contributed by atoms with E-state index in [0.717, 1.165) is 5.56 Å². The summed E-state index contributed by atoms with van der Waals surface area (Å²) >= 11 is 0. The molecule has 2 atom stereocenters. The van der Waals surface area contributed by atoms with Crippen LogP contribution in [0.25, 0.3) is 0 Å². The second-order valence-electron chi connectivity index (χ2n) is 4.95. The quantitative estimate of drug-likeness (QED) is 0.506. The highest BCUT2D eigenvalue weighted by Gasteiger charge is 2.38. The van der Waals surface area contributed by atoms with Crippen LogP contribution >= 0.6 is 0 Å². The third kappa shape index (κ3) is 4.03. The van der Waals surface area contributed by atoms with Gasteiger partial charge in [0.05, 0.1) is 6.04 Å². The number of rotatable bonds is 9. The number of hydrogen-bond donors (Lipinski definition) is 4. The predicted molar refractivity (Wildman–Crippen MR) is 82.3 cm³/mol. The van der Waals surface area contributed by atoms with Crippen molar-refractivity contribution < 1.29 is 9.59 Å². The highest BCUT2D eigenvalue weighted by molar-refractivity contribution is 5.86. The lowest BCUT2D eigenvalue weighted by Crippen LogP contribution is -2.54. The molecule has 6 heteroatoms. The van der Waals surface area contributed by atoms with Crippen LogP contribution in [0.5, 0.6) is 0 Å². The molecule has 6 nitrogen and oxygen atoms in total. The first-order valence-electron chi connectivity index (χ1n) is 7.05. The van der Waals surface area contributed by atoms with Crippen LogP contribution in [0.2, 0.25) is 0 Å². The van der Waals surface area contributed by atoms with Gasteiger partial charge in [-0.1, -0.05) is 37.3 Å². The van der Waals surface area contributed by atoms with Crippen molar-refractivity contribution in [2.45, 2.75) is 31.3 Å². The van der Waals surface area contributed by atoms with E-state index in [1.807, 2.05) is 37.3 Å². The Labute approximate surface area is 125 Å². The molecule has 0 radical (unpaired) electrons. The van der Waals surface area contributed by atoms with Crippen LogP contribution in [-0.2, 0) is 15.1 Å². The molecule has 0 fully saturated rings. The standard InChI is InChI=1S/C15H24N4O2/c1-3-19-15(14(17)21,11-7-5-4-6-8-11)10-9-12(18-2)13(16)20/h4-8,12,18-19H,3,9-10H2,1-2H3,(H2,16,20)(H2,17,21). The summed E-state index contributed by atoms with van der Waals surface area (Å²) in [6, 6.07) is 8.80. The molecule has 1 aromatic carbocycles. The molecule has 0 saturated carbocycles. The molecule has 0 heterocycles. The topological polar surface area (TPSA) is 110 Å². The van der Waals surface area contributed by atoms with E-state index in [1.54, 1.807) is 7.05 Å². The van der Waals surface area contributed by atoms with Gasteiger partial charge in [0.2, 0.25) is 11.8 Å². The summed E-state index contributed by atoms with van der Waals surface area (Å²) in [5.41, 5.74) is 10.8. The molecule has 116 valence electrons. The molecule has 1 aromatic rings. The number of carbonyl (C=O) groups excluding carboxylic acids is 2. The summed E-state index contributed by atoms with van der Waals surface area (Å²) in [4.78, 5) is 23.4. The van der Waals surface area contributed by atoms with Crippen molar-refractivity contribution in [3.63, 3.8) is 0 Å². The molecular weight excluding hydrogens is 268 g/mol. The lowest BCUT2D eigenvalue weighted by molar-refractivity contribution is -0.126. The number of hydrogen-bond acceptors (Lipinski definition) is 4. The van der Waals surface area contributed by atoms with Crippen molar-refractivity contribution in [1.29, 1.82) is 0 Å². The van der Waals surface area contributed by atoms with Gasteiger partial charge in [-0.25, -0.2) is 0 Å². The van der Waals surface area contributed by atoms with Crippen LogP contribution in [0.1, 0.15) is 25.3 Å². The Hall–Kier alpha value is -1.92. The molecule has 0 aromatic heterocycles. The van der Waals surface area contributed by atoms with Gasteiger partial charge in [0.25, 0.3) is 0 Å². The average molecular weight is 292 g/mol. The lowest BCUT2D eigenvalue weighted by Gasteiger charge is -2.33. The number of amides is 2. The molecule has 0 bridgehead atoms. The van der Waals surface area contributed by atoms with E-state index in [-0.39, 0.29) is 0 Å². The normalized spacial score (nSPS) is 15.1. The van der Waals surface area contributed by atoms with Gasteiger partial charge in [-0.15, -0.1) is 0 Å². The fourth-order valence-corrected chi connectivity index (χ4v) is 2.50. The molecule has 21 heavy (non-hydrogen) atoms. The zero-order chi connectivity index (χ0) is 15.9. The van der Waals surface area contributed by atoms with Crippen LogP contribution in [-0.4, -0.2) is 31.4 Å². The maximum atomic E-state index is 12.1. The Balaban J connectivity index is 3.07. The number of likely N-dealkylation sites (N-methyl/N-ethyl adjacent to an activating group) is 2. The SMILES string of the molecule is CCNC(CCC(NC)C(N)=O)(C(N)=O)c1ccccc1. The van der Waals surface area contributed by atoms with Gasteiger partial charge in [-0.2, -0.15) is 0 Å². The maximum Gasteiger partial charge on any atom is 0.242 e. The Morgan fingerprint density at radius 3 is 2.29 bits per heavy atom. The maximum absolute atomic E-state index is 12.1. The predicted octanol–water partition coefficient (Wildman–Crippen LogP) is -0.170. The van der Waals surface area contributed by atoms with E-state index in [2.05, 4.69) is 10.6 Å². The Morgan fingerprint density at radius 1 is 1.24 bits per heavy atom. The minimum absolute atomic E-state index is 0.384. The van der Waals surface area contributed by atoms with E-state index in [0.29, 0.717) is 19.4 Å². The Morgan fingerprint density at radius 2 is 1.86 bits per heavy atom. The second-order valence-corrected chi connectivity index (χ2v) is 4.95. The summed E-state index contributed by atoms with van der Waals surface area (Å²) in [6.07, 6.45) is 0.797. The zero-order valence-electron chi connectivity index (χ0n) is 12.6. The summed E-state index contributed by atoms with van der Waals surface area (Å²) < 4.78 is 0. The van der Waals surface area contributed by atoms with E-state index in [4.69, 9.17) is 11.5 Å². The van der Waals surface area contributed by atoms with Crippen molar-refractivity contribution in [1.82, 2.24) is 10.6 Å². The van der Waals surface area contributed by atoms with Gasteiger partial charge in [-0.05, 0) is 32.0 Å². The molecule has 1 rings (SSSR count). The first kappa shape index (κ1) is 17.1. The number of nitrogens with two attached hydrogens (primary N) is 2. The van der Waals surface area contributed by atoms with Crippen molar-refractivity contribution in [3.05, 3.63) is 35.9 Å². The molecular formula is C15H24N4O2. The van der Waals surface area contributed by atoms with Gasteiger partial charge in [0.1, 0.15) is 5.54 Å². The van der Waals surface area contributed by atoms with Crippen molar-refractivity contribution in [2.75, 3.05) is 13.6 Å². The molecule has 0 saturated heterocycles. The molecule has 0 aliphatic carbocycles. The van der Waals surface area contributed by atoms with Gasteiger partial charge >= 0.3 is 0 Å². The fourth-order valence-electron chi connectivity index (χ4n) is 2.50. The van der Waals surface area contributed by atoms with Gasteiger partial charge in [0.15, 0.2) is 0 Å². The molecule has 6 N–H and O–H groups in total. The van der Waals surface area contributed by atoms with E-state index >= 15 is 0 Å². The average Bonchev–Trinajstić information content (AvgIpc) is 2.47. The van der Waals surface area contributed by atoms with E-state index in [1.165, 1.54) is 0 Å². The van der Waals surface area contributed by atoms with Crippen LogP contribution in [0.15, 0.2) is 30.3 Å². The van der Waals surface area contributed by atoms with Crippen molar-refractivity contribution in [3.8, 4) is 0 Å². The Kier molecular flexibility index (Phi) is 6.33. The number of benzene rings is 1. The largest absolute Gasteiger partial charge is 0.368 e. The molecule has 0 aliphatic heterocycles. The Bertz CT molecular complexity index is 478. The first-order chi connectivity index (χ1) is 9.97. The van der Waals surface area contributed by atoms with Crippen LogP contribution in [0.3, 0.4) is 0 Å². The monoisotopic (exact) mass is 292 g/mol. The van der Waals surface area contributed by atoms with Gasteiger partial charge < -0.3 is 16.8 Å². The van der Waals surface area contributed by atoms with Crippen molar-refractivity contribution >= 4 is 11.8 Å². The van der Waals surface area contributed by atoms with Gasteiger partial charge in [-0.3, -0.25) is 14.9 Å². The fraction of sp³-hybridized carbons (Fsp3) is 0.467. The number of primary amides is 2. The number of nitrogens with one attached hydrogen (secondary N) is 2. The van der Waals surface area contributed by atoms with Crippen LogP contribution in [0, 0.1) is 0 Å². The minimum atomic E-state index is -0.999. The third-order valence-corrected chi connectivity index (χ3v) is 3.67. The smallest absolute Gasteiger partial charge is 0.242 e. The van der Waals surface area contributed by atoms with Crippen LogP contribution < -0.4 is 22.1 Å². The second kappa shape index (κ2) is 7.75. The molecule has 2 amide bonds. The summed E-state index contributed by atoms with van der Waals surface area (Å²) in [7, 11) is 1.66. The van der Waals surface area contributed by atoms with Crippen molar-refractivity contribution in [2.24, 2.45) is 11.5 Å². The lowest BCUT2D eigenvalue weighted by atomic mass is 9.83. The van der Waals surface area contributed by atoms with E-state index < -0.39 is 23.4 Å².